The van der Waals surface area contributed by atoms with Gasteiger partial charge in [0, 0.05) is 36.0 Å². The van der Waals surface area contributed by atoms with Gasteiger partial charge in [-0.3, -0.25) is 9.59 Å². The van der Waals surface area contributed by atoms with Crippen LogP contribution >= 0.6 is 38.9 Å². The second-order valence-corrected chi connectivity index (χ2v) is 14.2. The molecule has 1 N–H and O–H groups in total. The molecule has 0 aliphatic carbocycles. The number of thiophene rings is 1. The first-order valence-electron chi connectivity index (χ1n) is 11.8. The largest absolute Gasteiger partial charge is 0.496 e. The highest BCUT2D eigenvalue weighted by molar-refractivity contribution is 9.11. The highest BCUT2D eigenvalue weighted by atomic mass is 79.9. The zero-order chi connectivity index (χ0) is 26.6. The van der Waals surface area contributed by atoms with Crippen LogP contribution in [0.4, 0.5) is 0 Å². The standard InChI is InChI=1S/C24H28BrClN2O7S2/c1-33-18-14-16(26)5-6-17(18)23(30)28-10-9-24(37(31,32)13-11-28,19-7-8-20(25)36-19)15-21(29)27-35-22-4-2-3-12-34-22/h5-8,14,22H,2-4,9-13,15H2,1H3,(H,27,29). The van der Waals surface area contributed by atoms with Gasteiger partial charge in [0.2, 0.25) is 5.91 Å². The fourth-order valence-corrected chi connectivity index (χ4v) is 8.72. The van der Waals surface area contributed by atoms with Crippen molar-refractivity contribution in [1.29, 1.82) is 0 Å². The minimum Gasteiger partial charge on any atom is -0.496 e. The quantitative estimate of drug-likeness (QED) is 0.452. The normalized spacial score (nSPS) is 23.8. The third kappa shape index (κ3) is 6.31. The van der Waals surface area contributed by atoms with Crippen LogP contribution in [0.15, 0.2) is 34.1 Å². The van der Waals surface area contributed by atoms with Crippen molar-refractivity contribution in [1.82, 2.24) is 10.4 Å². The van der Waals surface area contributed by atoms with Gasteiger partial charge in [-0.05, 0) is 65.5 Å². The Hall–Kier alpha value is -1.70. The van der Waals surface area contributed by atoms with E-state index in [9.17, 15) is 18.0 Å². The summed E-state index contributed by atoms with van der Waals surface area (Å²) in [6, 6.07) is 8.15. The van der Waals surface area contributed by atoms with Crippen molar-refractivity contribution in [2.24, 2.45) is 0 Å². The van der Waals surface area contributed by atoms with Crippen molar-refractivity contribution < 1.29 is 32.3 Å². The molecular weight excluding hydrogens is 608 g/mol. The fourth-order valence-electron chi connectivity index (χ4n) is 4.58. The number of ether oxygens (including phenoxy) is 2. The number of sulfone groups is 1. The number of carbonyl (C=O) groups excluding carboxylic acids is 2. The van der Waals surface area contributed by atoms with Gasteiger partial charge in [0.1, 0.15) is 10.5 Å². The topological polar surface area (TPSA) is 111 Å². The van der Waals surface area contributed by atoms with E-state index >= 15 is 0 Å². The van der Waals surface area contributed by atoms with Gasteiger partial charge in [-0.15, -0.1) is 11.3 Å². The van der Waals surface area contributed by atoms with Crippen molar-refractivity contribution in [2.75, 3.05) is 32.6 Å². The summed E-state index contributed by atoms with van der Waals surface area (Å²) < 4.78 is 37.6. The molecule has 0 saturated carbocycles. The molecular formula is C24H28BrClN2O7S2. The van der Waals surface area contributed by atoms with Crippen LogP contribution in [0.3, 0.4) is 0 Å². The second-order valence-electron chi connectivity index (χ2n) is 8.92. The smallest absolute Gasteiger partial charge is 0.257 e. The molecule has 3 heterocycles. The van der Waals surface area contributed by atoms with E-state index in [1.165, 1.54) is 29.4 Å². The molecule has 0 spiro atoms. The molecule has 2 saturated heterocycles. The molecule has 0 bridgehead atoms. The van der Waals surface area contributed by atoms with Crippen LogP contribution in [0.25, 0.3) is 0 Å². The van der Waals surface area contributed by atoms with E-state index in [1.54, 1.807) is 24.3 Å². The van der Waals surface area contributed by atoms with E-state index in [0.717, 1.165) is 16.6 Å². The van der Waals surface area contributed by atoms with Crippen molar-refractivity contribution in [2.45, 2.75) is 43.1 Å². The number of benzene rings is 1. The average molecular weight is 636 g/mol. The van der Waals surface area contributed by atoms with E-state index in [4.69, 9.17) is 25.9 Å². The summed E-state index contributed by atoms with van der Waals surface area (Å²) in [6.45, 7) is 0.652. The summed E-state index contributed by atoms with van der Waals surface area (Å²) in [7, 11) is -2.44. The molecule has 202 valence electrons. The number of hydrogen-bond acceptors (Lipinski definition) is 8. The Bertz CT molecular complexity index is 1250. The van der Waals surface area contributed by atoms with Gasteiger partial charge in [-0.25, -0.2) is 18.7 Å². The van der Waals surface area contributed by atoms with Crippen molar-refractivity contribution in [3.8, 4) is 5.75 Å². The molecule has 37 heavy (non-hydrogen) atoms. The van der Waals surface area contributed by atoms with Gasteiger partial charge in [0.15, 0.2) is 16.1 Å². The predicted molar refractivity (Wildman–Crippen MR) is 143 cm³/mol. The van der Waals surface area contributed by atoms with Gasteiger partial charge in [0.05, 0.1) is 28.6 Å². The van der Waals surface area contributed by atoms with Crippen LogP contribution in [-0.2, 0) is 29.0 Å². The van der Waals surface area contributed by atoms with Crippen LogP contribution < -0.4 is 10.2 Å². The summed E-state index contributed by atoms with van der Waals surface area (Å²) in [6.07, 6.45) is 1.63. The number of carbonyl (C=O) groups is 2. The third-order valence-corrected chi connectivity index (χ3v) is 11.3. The summed E-state index contributed by atoms with van der Waals surface area (Å²) >= 11 is 10.7. The number of amides is 2. The van der Waals surface area contributed by atoms with Crippen LogP contribution in [0.2, 0.25) is 5.02 Å². The number of halogens is 2. The fraction of sp³-hybridized carbons (Fsp3) is 0.500. The van der Waals surface area contributed by atoms with Gasteiger partial charge < -0.3 is 14.4 Å². The summed E-state index contributed by atoms with van der Waals surface area (Å²) in [4.78, 5) is 33.8. The molecule has 2 aromatic rings. The van der Waals surface area contributed by atoms with Crippen LogP contribution in [0.5, 0.6) is 5.75 Å². The molecule has 13 heteroatoms. The summed E-state index contributed by atoms with van der Waals surface area (Å²) in [5.41, 5.74) is 2.68. The maximum absolute atomic E-state index is 13.8. The molecule has 2 fully saturated rings. The molecule has 2 amide bonds. The lowest BCUT2D eigenvalue weighted by atomic mass is 9.97. The van der Waals surface area contributed by atoms with Crippen molar-refractivity contribution >= 4 is 60.5 Å². The molecule has 1 aromatic heterocycles. The monoisotopic (exact) mass is 634 g/mol. The first-order valence-corrected chi connectivity index (χ1v) is 15.5. The van der Waals surface area contributed by atoms with E-state index in [0.29, 0.717) is 28.7 Å². The van der Waals surface area contributed by atoms with Crippen molar-refractivity contribution in [3.63, 3.8) is 0 Å². The lowest BCUT2D eigenvalue weighted by molar-refractivity contribution is -0.200. The minimum atomic E-state index is -3.87. The number of hydrogen-bond donors (Lipinski definition) is 1. The van der Waals surface area contributed by atoms with Gasteiger partial charge >= 0.3 is 0 Å². The number of methoxy groups -OCH3 is 1. The number of nitrogens with one attached hydrogen (secondary N) is 1. The Labute approximate surface area is 233 Å². The first kappa shape index (κ1) is 28.3. The summed E-state index contributed by atoms with van der Waals surface area (Å²) in [5.74, 6) is -0.931. The Morgan fingerprint density at radius 1 is 1.27 bits per heavy atom. The highest BCUT2D eigenvalue weighted by Crippen LogP contribution is 2.44. The Kier molecular flexibility index (Phi) is 9.18. The lowest BCUT2D eigenvalue weighted by Gasteiger charge is -2.31. The lowest BCUT2D eigenvalue weighted by Crippen LogP contribution is -2.43. The zero-order valence-corrected chi connectivity index (χ0v) is 24.2. The molecule has 2 atom stereocenters. The van der Waals surface area contributed by atoms with E-state index in [2.05, 4.69) is 21.4 Å². The molecule has 0 radical (unpaired) electrons. The number of hydroxylamine groups is 1. The molecule has 9 nitrogen and oxygen atoms in total. The van der Waals surface area contributed by atoms with Gasteiger partial charge in [0.25, 0.3) is 5.91 Å². The van der Waals surface area contributed by atoms with Gasteiger partial charge in [-0.2, -0.15) is 0 Å². The Morgan fingerprint density at radius 3 is 2.76 bits per heavy atom. The Balaban J connectivity index is 1.59. The van der Waals surface area contributed by atoms with Gasteiger partial charge in [-0.1, -0.05) is 11.6 Å². The van der Waals surface area contributed by atoms with E-state index in [1.807, 2.05) is 0 Å². The molecule has 4 rings (SSSR count). The average Bonchev–Trinajstić information content (AvgIpc) is 3.27. The van der Waals surface area contributed by atoms with Crippen molar-refractivity contribution in [3.05, 3.63) is 49.6 Å². The molecule has 2 aliphatic rings. The summed E-state index contributed by atoms with van der Waals surface area (Å²) in [5, 5.41) is 0.418. The van der Waals surface area contributed by atoms with Crippen LogP contribution in [0.1, 0.15) is 47.3 Å². The Morgan fingerprint density at radius 2 is 2.08 bits per heavy atom. The van der Waals surface area contributed by atoms with Crippen LogP contribution in [-0.4, -0.2) is 64.0 Å². The number of nitrogens with zero attached hydrogens (tertiary/aromatic N) is 1. The predicted octanol–water partition coefficient (Wildman–Crippen LogP) is 4.29. The molecule has 2 aliphatic heterocycles. The van der Waals surface area contributed by atoms with E-state index < -0.39 is 26.8 Å². The number of rotatable bonds is 7. The maximum atomic E-state index is 13.8. The highest BCUT2D eigenvalue weighted by Gasteiger charge is 2.50. The maximum Gasteiger partial charge on any atom is 0.257 e. The second kappa shape index (κ2) is 12.0. The van der Waals surface area contributed by atoms with E-state index in [-0.39, 0.29) is 43.2 Å². The van der Waals surface area contributed by atoms with Crippen LogP contribution in [0, 0.1) is 0 Å². The SMILES string of the molecule is COc1cc(Cl)ccc1C(=O)N1CCC(CC(=O)NOC2CCCCO2)(c2ccc(Br)s2)S(=O)(=O)CC1. The first-order chi connectivity index (χ1) is 17.6. The zero-order valence-electron chi connectivity index (χ0n) is 20.2. The molecule has 2 unspecified atom stereocenters. The third-order valence-electron chi connectivity index (χ3n) is 6.60. The molecule has 1 aromatic carbocycles. The minimum absolute atomic E-state index is 0.0186.